The summed E-state index contributed by atoms with van der Waals surface area (Å²) in [5.41, 5.74) is -0.599. The van der Waals surface area contributed by atoms with E-state index in [9.17, 15) is 9.59 Å². The summed E-state index contributed by atoms with van der Waals surface area (Å²) in [4.78, 5) is 27.5. The zero-order valence-corrected chi connectivity index (χ0v) is 8.70. The maximum Gasteiger partial charge on any atom is 0.337 e. The van der Waals surface area contributed by atoms with Crippen LogP contribution in [0, 0.1) is 5.41 Å². The molecule has 80 valence electrons. The highest BCUT2D eigenvalue weighted by atomic mass is 16.7. The van der Waals surface area contributed by atoms with Crippen LogP contribution in [0.4, 0.5) is 0 Å². The topological polar surface area (TPSA) is 55.8 Å². The normalized spacial score (nSPS) is 18.2. The second-order valence-corrected chi connectivity index (χ2v) is 4.18. The third-order valence-electron chi connectivity index (χ3n) is 1.75. The summed E-state index contributed by atoms with van der Waals surface area (Å²) < 4.78 is 4.90. The highest BCUT2D eigenvalue weighted by Gasteiger charge is 2.29. The van der Waals surface area contributed by atoms with Crippen molar-refractivity contribution in [1.29, 1.82) is 0 Å². The minimum atomic E-state index is -0.599. The van der Waals surface area contributed by atoms with E-state index in [2.05, 4.69) is 0 Å². The van der Waals surface area contributed by atoms with Crippen molar-refractivity contribution in [2.75, 3.05) is 19.8 Å². The van der Waals surface area contributed by atoms with Gasteiger partial charge in [0.1, 0.15) is 6.61 Å². The first-order valence-corrected chi connectivity index (χ1v) is 4.52. The van der Waals surface area contributed by atoms with Gasteiger partial charge in [0, 0.05) is 0 Å². The molecule has 0 unspecified atom stereocenters. The minimum Gasteiger partial charge on any atom is -0.370 e. The van der Waals surface area contributed by atoms with Crippen molar-refractivity contribution in [2.24, 2.45) is 5.41 Å². The molecule has 0 bridgehead atoms. The lowest BCUT2D eigenvalue weighted by Crippen LogP contribution is -2.44. The highest BCUT2D eigenvalue weighted by molar-refractivity contribution is 5.81. The molecule has 0 spiro atoms. The number of rotatable bonds is 1. The monoisotopic (exact) mass is 201 g/mol. The Kier molecular flexibility index (Phi) is 3.10. The Labute approximate surface area is 82.9 Å². The van der Waals surface area contributed by atoms with Crippen molar-refractivity contribution in [3.8, 4) is 0 Å². The predicted molar refractivity (Wildman–Crippen MR) is 48.1 cm³/mol. The predicted octanol–water partition coefficient (Wildman–Crippen LogP) is 0.349. The maximum absolute atomic E-state index is 11.4. The molecule has 0 radical (unpaired) electrons. The van der Waals surface area contributed by atoms with Crippen LogP contribution in [0.3, 0.4) is 0 Å². The molecule has 1 amide bonds. The Morgan fingerprint density at radius 3 is 2.64 bits per heavy atom. The zero-order valence-electron chi connectivity index (χ0n) is 8.70. The second-order valence-electron chi connectivity index (χ2n) is 4.18. The van der Waals surface area contributed by atoms with E-state index in [1.807, 2.05) is 0 Å². The maximum atomic E-state index is 11.4. The fourth-order valence-corrected chi connectivity index (χ4v) is 0.837. The van der Waals surface area contributed by atoms with Crippen molar-refractivity contribution in [1.82, 2.24) is 5.06 Å². The van der Waals surface area contributed by atoms with Crippen molar-refractivity contribution in [3.63, 3.8) is 0 Å². The third kappa shape index (κ3) is 2.70. The van der Waals surface area contributed by atoms with Gasteiger partial charge in [-0.15, -0.1) is 0 Å². The SMILES string of the molecule is CC(C)(C)C(=O)ON1CCOCC1=O. The van der Waals surface area contributed by atoms with Gasteiger partial charge in [0.25, 0.3) is 5.91 Å². The van der Waals surface area contributed by atoms with Crippen LogP contribution in [0.1, 0.15) is 20.8 Å². The Morgan fingerprint density at radius 1 is 1.50 bits per heavy atom. The number of morpholine rings is 1. The molecule has 5 nitrogen and oxygen atoms in total. The van der Waals surface area contributed by atoms with Gasteiger partial charge >= 0.3 is 5.97 Å². The van der Waals surface area contributed by atoms with Gasteiger partial charge in [-0.2, -0.15) is 5.06 Å². The van der Waals surface area contributed by atoms with Crippen LogP contribution in [-0.2, 0) is 19.2 Å². The molecule has 1 heterocycles. The summed E-state index contributed by atoms with van der Waals surface area (Å²) in [7, 11) is 0. The molecule has 1 fully saturated rings. The van der Waals surface area contributed by atoms with Crippen LogP contribution in [0.25, 0.3) is 0 Å². The van der Waals surface area contributed by atoms with Crippen LogP contribution < -0.4 is 0 Å². The Balaban J connectivity index is 2.51. The van der Waals surface area contributed by atoms with Crippen LogP contribution in [0.15, 0.2) is 0 Å². The number of carbonyl (C=O) groups is 2. The van der Waals surface area contributed by atoms with Gasteiger partial charge in [0.05, 0.1) is 18.6 Å². The standard InChI is InChI=1S/C9H15NO4/c1-9(2,3)8(12)14-10-4-5-13-6-7(10)11/h4-6H2,1-3H3. The molecular weight excluding hydrogens is 186 g/mol. The van der Waals surface area contributed by atoms with Gasteiger partial charge < -0.3 is 9.57 Å². The second kappa shape index (κ2) is 3.96. The average molecular weight is 201 g/mol. The van der Waals surface area contributed by atoms with Gasteiger partial charge in [-0.3, -0.25) is 4.79 Å². The van der Waals surface area contributed by atoms with Crippen molar-refractivity contribution in [3.05, 3.63) is 0 Å². The first kappa shape index (κ1) is 11.0. The zero-order chi connectivity index (χ0) is 10.8. The number of hydroxylamine groups is 2. The van der Waals surface area contributed by atoms with Gasteiger partial charge in [0.2, 0.25) is 0 Å². The molecule has 0 aromatic carbocycles. The molecule has 14 heavy (non-hydrogen) atoms. The van der Waals surface area contributed by atoms with Gasteiger partial charge in [-0.25, -0.2) is 4.79 Å². The number of amides is 1. The molecule has 0 saturated carbocycles. The fourth-order valence-electron chi connectivity index (χ4n) is 0.837. The first-order valence-electron chi connectivity index (χ1n) is 4.52. The van der Waals surface area contributed by atoms with E-state index in [-0.39, 0.29) is 12.5 Å². The molecule has 0 atom stereocenters. The summed E-state index contributed by atoms with van der Waals surface area (Å²) in [6.45, 7) is 5.90. The lowest BCUT2D eigenvalue weighted by Gasteiger charge is -2.27. The summed E-state index contributed by atoms with van der Waals surface area (Å²) >= 11 is 0. The van der Waals surface area contributed by atoms with E-state index < -0.39 is 11.4 Å². The van der Waals surface area contributed by atoms with Crippen molar-refractivity contribution < 1.29 is 19.2 Å². The molecule has 0 aromatic heterocycles. The average Bonchev–Trinajstić information content (AvgIpc) is 2.07. The lowest BCUT2D eigenvalue weighted by molar-refractivity contribution is -0.216. The lowest BCUT2D eigenvalue weighted by atomic mass is 9.98. The van der Waals surface area contributed by atoms with Crippen LogP contribution in [0.5, 0.6) is 0 Å². The van der Waals surface area contributed by atoms with E-state index >= 15 is 0 Å². The van der Waals surface area contributed by atoms with Crippen molar-refractivity contribution in [2.45, 2.75) is 20.8 Å². The first-order chi connectivity index (χ1) is 6.41. The van der Waals surface area contributed by atoms with Crippen LogP contribution in [0.2, 0.25) is 0 Å². The molecular formula is C9H15NO4. The quantitative estimate of drug-likeness (QED) is 0.614. The molecule has 1 aliphatic heterocycles. The number of hydrogen-bond acceptors (Lipinski definition) is 4. The van der Waals surface area contributed by atoms with E-state index in [0.717, 1.165) is 5.06 Å². The summed E-state index contributed by atoms with van der Waals surface area (Å²) in [6.07, 6.45) is 0. The van der Waals surface area contributed by atoms with Gasteiger partial charge in [0.15, 0.2) is 0 Å². The molecule has 0 N–H and O–H groups in total. The van der Waals surface area contributed by atoms with E-state index in [1.165, 1.54) is 0 Å². The van der Waals surface area contributed by atoms with Crippen LogP contribution in [-0.4, -0.2) is 36.7 Å². The number of hydrogen-bond donors (Lipinski definition) is 0. The van der Waals surface area contributed by atoms with E-state index in [4.69, 9.17) is 9.57 Å². The highest BCUT2D eigenvalue weighted by Crippen LogP contribution is 2.16. The molecule has 1 rings (SSSR count). The third-order valence-corrected chi connectivity index (χ3v) is 1.75. The number of nitrogens with zero attached hydrogens (tertiary/aromatic N) is 1. The molecule has 1 aliphatic rings. The largest absolute Gasteiger partial charge is 0.370 e. The molecule has 0 aromatic rings. The van der Waals surface area contributed by atoms with E-state index in [0.29, 0.717) is 13.2 Å². The Bertz CT molecular complexity index is 244. The Hall–Kier alpha value is -1.10. The Morgan fingerprint density at radius 2 is 2.14 bits per heavy atom. The number of carbonyl (C=O) groups excluding carboxylic acids is 2. The summed E-state index contributed by atoms with van der Waals surface area (Å²) in [5.74, 6) is -0.721. The molecule has 1 saturated heterocycles. The molecule has 0 aliphatic carbocycles. The minimum absolute atomic E-state index is 0.0164. The van der Waals surface area contributed by atoms with Crippen LogP contribution >= 0.6 is 0 Å². The summed E-state index contributed by atoms with van der Waals surface area (Å²) in [5, 5.41) is 1.07. The van der Waals surface area contributed by atoms with Gasteiger partial charge in [-0.05, 0) is 20.8 Å². The summed E-state index contributed by atoms with van der Waals surface area (Å²) in [6, 6.07) is 0. The molecule has 5 heteroatoms. The smallest absolute Gasteiger partial charge is 0.337 e. The van der Waals surface area contributed by atoms with Gasteiger partial charge in [-0.1, -0.05) is 0 Å². The fraction of sp³-hybridized carbons (Fsp3) is 0.778. The number of ether oxygens (including phenoxy) is 1. The van der Waals surface area contributed by atoms with Crippen molar-refractivity contribution >= 4 is 11.9 Å². The van der Waals surface area contributed by atoms with E-state index in [1.54, 1.807) is 20.8 Å².